The fourth-order valence-corrected chi connectivity index (χ4v) is 2.32. The fourth-order valence-electron chi connectivity index (χ4n) is 1.55. The molecular formula is C12H10F3NS. The average Bonchev–Trinajstić information content (AvgIpc) is 2.77. The quantitative estimate of drug-likeness (QED) is 0.838. The second-order valence-corrected chi connectivity index (χ2v) is 4.72. The van der Waals surface area contributed by atoms with Gasteiger partial charge in [0.25, 0.3) is 0 Å². The van der Waals surface area contributed by atoms with E-state index in [0.717, 1.165) is 17.0 Å². The van der Waals surface area contributed by atoms with Gasteiger partial charge in [0.15, 0.2) is 17.5 Å². The van der Waals surface area contributed by atoms with Crippen molar-refractivity contribution >= 4 is 11.3 Å². The molecule has 1 nitrogen and oxygen atoms in total. The molecule has 1 aromatic heterocycles. The van der Waals surface area contributed by atoms with Gasteiger partial charge >= 0.3 is 0 Å². The van der Waals surface area contributed by atoms with E-state index in [0.29, 0.717) is 6.42 Å². The normalized spacial score (nSPS) is 12.7. The number of rotatable bonds is 3. The van der Waals surface area contributed by atoms with E-state index in [1.165, 1.54) is 11.3 Å². The van der Waals surface area contributed by atoms with E-state index in [1.54, 1.807) is 0 Å². The topological polar surface area (TPSA) is 26.0 Å². The van der Waals surface area contributed by atoms with Gasteiger partial charge in [-0.05, 0) is 29.1 Å². The second kappa shape index (κ2) is 4.89. The summed E-state index contributed by atoms with van der Waals surface area (Å²) in [6.45, 7) is 0. The van der Waals surface area contributed by atoms with Gasteiger partial charge in [0, 0.05) is 17.3 Å². The molecule has 0 aliphatic rings. The van der Waals surface area contributed by atoms with Crippen molar-refractivity contribution in [2.75, 3.05) is 0 Å². The smallest absolute Gasteiger partial charge is 0.194 e. The van der Waals surface area contributed by atoms with Crippen molar-refractivity contribution in [1.29, 1.82) is 0 Å². The Morgan fingerprint density at radius 3 is 2.35 bits per heavy atom. The number of halogens is 3. The molecule has 5 heteroatoms. The predicted molar refractivity (Wildman–Crippen MR) is 61.3 cm³/mol. The van der Waals surface area contributed by atoms with Crippen LogP contribution in [0, 0.1) is 17.5 Å². The van der Waals surface area contributed by atoms with Crippen LogP contribution in [0.3, 0.4) is 0 Å². The Hall–Kier alpha value is -1.33. The summed E-state index contributed by atoms with van der Waals surface area (Å²) < 4.78 is 38.8. The van der Waals surface area contributed by atoms with Gasteiger partial charge in [0.1, 0.15) is 0 Å². The van der Waals surface area contributed by atoms with Crippen LogP contribution >= 0.6 is 11.3 Å². The Morgan fingerprint density at radius 1 is 1.18 bits per heavy atom. The third-order valence-corrected chi connectivity index (χ3v) is 3.33. The Balaban J connectivity index is 2.22. The fraction of sp³-hybridized carbons (Fsp3) is 0.167. The maximum Gasteiger partial charge on any atom is 0.194 e. The van der Waals surface area contributed by atoms with E-state index in [1.807, 2.05) is 17.5 Å². The molecule has 0 saturated heterocycles. The first-order chi connectivity index (χ1) is 8.08. The summed E-state index contributed by atoms with van der Waals surface area (Å²) in [4.78, 5) is 1.02. The van der Waals surface area contributed by atoms with Crippen molar-refractivity contribution in [1.82, 2.24) is 0 Å². The van der Waals surface area contributed by atoms with E-state index in [9.17, 15) is 13.2 Å². The summed E-state index contributed by atoms with van der Waals surface area (Å²) in [5, 5.41) is 1.90. The van der Waals surface area contributed by atoms with Gasteiger partial charge in [-0.1, -0.05) is 6.07 Å². The van der Waals surface area contributed by atoms with E-state index in [-0.39, 0.29) is 5.56 Å². The zero-order chi connectivity index (χ0) is 12.4. The lowest BCUT2D eigenvalue weighted by molar-refractivity contribution is 0.443. The summed E-state index contributed by atoms with van der Waals surface area (Å²) >= 11 is 1.52. The van der Waals surface area contributed by atoms with Crippen LogP contribution in [-0.4, -0.2) is 0 Å². The van der Waals surface area contributed by atoms with E-state index < -0.39 is 23.5 Å². The summed E-state index contributed by atoms with van der Waals surface area (Å²) in [7, 11) is 0. The molecule has 2 aromatic rings. The maximum atomic E-state index is 13.0. The molecule has 1 heterocycles. The molecule has 0 bridgehead atoms. The van der Waals surface area contributed by atoms with Gasteiger partial charge in [0.05, 0.1) is 0 Å². The average molecular weight is 257 g/mol. The Morgan fingerprint density at radius 2 is 1.82 bits per heavy atom. The molecule has 2 N–H and O–H groups in total. The second-order valence-electron chi connectivity index (χ2n) is 3.69. The number of hydrogen-bond acceptors (Lipinski definition) is 2. The summed E-state index contributed by atoms with van der Waals surface area (Å²) in [5.41, 5.74) is 6.08. The SMILES string of the molecule is NC(Cc1cccs1)c1cc(F)c(F)c(F)c1. The molecule has 0 radical (unpaired) electrons. The highest BCUT2D eigenvalue weighted by atomic mass is 32.1. The van der Waals surface area contributed by atoms with Crippen molar-refractivity contribution in [2.24, 2.45) is 5.73 Å². The molecule has 0 aliphatic carbocycles. The van der Waals surface area contributed by atoms with Crippen LogP contribution in [0.15, 0.2) is 29.6 Å². The number of benzene rings is 1. The van der Waals surface area contributed by atoms with E-state index in [4.69, 9.17) is 5.73 Å². The highest BCUT2D eigenvalue weighted by Gasteiger charge is 2.15. The molecule has 2 rings (SSSR count). The van der Waals surface area contributed by atoms with Gasteiger partial charge in [-0.15, -0.1) is 11.3 Å². The van der Waals surface area contributed by atoms with Crippen LogP contribution in [0.25, 0.3) is 0 Å². The van der Waals surface area contributed by atoms with Crippen molar-refractivity contribution in [2.45, 2.75) is 12.5 Å². The van der Waals surface area contributed by atoms with E-state index in [2.05, 4.69) is 0 Å². The standard InChI is InChI=1S/C12H10F3NS/c13-9-4-7(5-10(14)12(9)15)11(16)6-8-2-1-3-17-8/h1-5,11H,6,16H2. The largest absolute Gasteiger partial charge is 0.324 e. The molecule has 0 spiro atoms. The van der Waals surface area contributed by atoms with Crippen LogP contribution in [0.4, 0.5) is 13.2 Å². The molecule has 1 atom stereocenters. The molecule has 17 heavy (non-hydrogen) atoms. The first kappa shape index (κ1) is 12.1. The maximum absolute atomic E-state index is 13.0. The van der Waals surface area contributed by atoms with Crippen LogP contribution in [0.2, 0.25) is 0 Å². The highest BCUT2D eigenvalue weighted by Crippen LogP contribution is 2.22. The van der Waals surface area contributed by atoms with Crippen LogP contribution in [-0.2, 0) is 6.42 Å². The summed E-state index contributed by atoms with van der Waals surface area (Å²) in [6, 6.07) is 5.10. The van der Waals surface area contributed by atoms with Gasteiger partial charge in [0.2, 0.25) is 0 Å². The minimum Gasteiger partial charge on any atom is -0.324 e. The van der Waals surface area contributed by atoms with Crippen LogP contribution in [0.5, 0.6) is 0 Å². The molecule has 0 saturated carbocycles. The predicted octanol–water partition coefficient (Wildman–Crippen LogP) is 3.41. The molecule has 0 amide bonds. The molecule has 1 unspecified atom stereocenters. The van der Waals surface area contributed by atoms with Crippen LogP contribution in [0.1, 0.15) is 16.5 Å². The molecule has 90 valence electrons. The number of hydrogen-bond donors (Lipinski definition) is 1. The van der Waals surface area contributed by atoms with Crippen molar-refractivity contribution in [3.63, 3.8) is 0 Å². The summed E-state index contributed by atoms with van der Waals surface area (Å²) in [6.07, 6.45) is 0.474. The van der Waals surface area contributed by atoms with Gasteiger partial charge in [-0.2, -0.15) is 0 Å². The lowest BCUT2D eigenvalue weighted by Crippen LogP contribution is -2.14. The Kier molecular flexibility index (Phi) is 3.49. The van der Waals surface area contributed by atoms with Crippen molar-refractivity contribution in [3.05, 3.63) is 57.5 Å². The van der Waals surface area contributed by atoms with Crippen LogP contribution < -0.4 is 5.73 Å². The zero-order valence-electron chi connectivity index (χ0n) is 8.79. The summed E-state index contributed by atoms with van der Waals surface area (Å²) in [5.74, 6) is -3.87. The minimum atomic E-state index is -1.46. The monoisotopic (exact) mass is 257 g/mol. The molecule has 0 aliphatic heterocycles. The van der Waals surface area contributed by atoms with Crippen molar-refractivity contribution < 1.29 is 13.2 Å². The first-order valence-electron chi connectivity index (χ1n) is 5.00. The lowest BCUT2D eigenvalue weighted by Gasteiger charge is -2.11. The number of nitrogens with two attached hydrogens (primary N) is 1. The first-order valence-corrected chi connectivity index (χ1v) is 5.88. The van der Waals surface area contributed by atoms with Crippen molar-refractivity contribution in [3.8, 4) is 0 Å². The van der Waals surface area contributed by atoms with Gasteiger partial charge in [-0.3, -0.25) is 0 Å². The molecule has 1 aromatic carbocycles. The highest BCUT2D eigenvalue weighted by molar-refractivity contribution is 7.09. The zero-order valence-corrected chi connectivity index (χ0v) is 9.61. The third kappa shape index (κ3) is 2.68. The molecule has 0 fully saturated rings. The Bertz CT molecular complexity index is 487. The Labute approximate surface area is 101 Å². The molecular weight excluding hydrogens is 247 g/mol. The number of thiophene rings is 1. The van der Waals surface area contributed by atoms with Gasteiger partial charge in [-0.25, -0.2) is 13.2 Å². The van der Waals surface area contributed by atoms with Gasteiger partial charge < -0.3 is 5.73 Å². The minimum absolute atomic E-state index is 0.259. The van der Waals surface area contributed by atoms with E-state index >= 15 is 0 Å². The third-order valence-electron chi connectivity index (χ3n) is 2.44. The lowest BCUT2D eigenvalue weighted by atomic mass is 10.0.